The van der Waals surface area contributed by atoms with Crippen molar-refractivity contribution in [2.45, 2.75) is 20.4 Å². The summed E-state index contributed by atoms with van der Waals surface area (Å²) in [7, 11) is 1.94. The van der Waals surface area contributed by atoms with Crippen molar-refractivity contribution >= 4 is 5.95 Å². The molecule has 3 aromatic rings. The molecule has 1 aromatic carbocycles. The Morgan fingerprint density at radius 3 is 2.55 bits per heavy atom. The van der Waals surface area contributed by atoms with Crippen molar-refractivity contribution in [3.05, 3.63) is 53.5 Å². The molecule has 0 aliphatic rings. The van der Waals surface area contributed by atoms with E-state index < -0.39 is 0 Å². The minimum atomic E-state index is 0.610. The second-order valence-corrected chi connectivity index (χ2v) is 5.28. The quantitative estimate of drug-likeness (QED) is 0.800. The van der Waals surface area contributed by atoms with Gasteiger partial charge in [-0.05, 0) is 19.9 Å². The lowest BCUT2D eigenvalue weighted by Gasteiger charge is -2.15. The summed E-state index contributed by atoms with van der Waals surface area (Å²) in [6.07, 6.45) is 0. The molecule has 0 saturated heterocycles. The van der Waals surface area contributed by atoms with Gasteiger partial charge in [-0.1, -0.05) is 30.3 Å². The van der Waals surface area contributed by atoms with Gasteiger partial charge in [-0.3, -0.25) is 5.10 Å². The first-order valence-corrected chi connectivity index (χ1v) is 7.12. The van der Waals surface area contributed by atoms with Crippen LogP contribution in [0.15, 0.2) is 36.4 Å². The Labute approximate surface area is 129 Å². The van der Waals surface area contributed by atoms with E-state index in [1.54, 1.807) is 0 Å². The molecular formula is C16H18N6. The summed E-state index contributed by atoms with van der Waals surface area (Å²) in [6.45, 7) is 4.48. The molecule has 0 aliphatic carbocycles. The number of aryl methyl sites for hydroxylation is 2. The maximum absolute atomic E-state index is 4.45. The number of nitrogens with zero attached hydrogens (tertiary/aromatic N) is 5. The third-order valence-electron chi connectivity index (χ3n) is 3.53. The number of rotatable bonds is 4. The normalized spacial score (nSPS) is 10.7. The van der Waals surface area contributed by atoms with Crippen molar-refractivity contribution in [1.29, 1.82) is 0 Å². The standard InChI is InChI=1S/C16H18N6/c1-11-12(2)18-21-16(17-11)22(3)10-14-9-15(20-19-14)13-7-5-4-6-8-13/h4-9H,10H2,1-3H3,(H,19,20). The van der Waals surface area contributed by atoms with Crippen LogP contribution < -0.4 is 4.90 Å². The van der Waals surface area contributed by atoms with Gasteiger partial charge in [0.15, 0.2) is 0 Å². The second-order valence-electron chi connectivity index (χ2n) is 5.28. The Kier molecular flexibility index (Phi) is 3.82. The summed E-state index contributed by atoms with van der Waals surface area (Å²) in [5, 5.41) is 15.7. The third-order valence-corrected chi connectivity index (χ3v) is 3.53. The van der Waals surface area contributed by atoms with Gasteiger partial charge in [0.05, 0.1) is 29.3 Å². The summed E-state index contributed by atoms with van der Waals surface area (Å²) in [5.41, 5.74) is 4.78. The van der Waals surface area contributed by atoms with E-state index in [1.807, 2.05) is 62.2 Å². The van der Waals surface area contributed by atoms with Gasteiger partial charge in [0.25, 0.3) is 0 Å². The smallest absolute Gasteiger partial charge is 0.245 e. The van der Waals surface area contributed by atoms with E-state index >= 15 is 0 Å². The van der Waals surface area contributed by atoms with Gasteiger partial charge < -0.3 is 4.90 Å². The van der Waals surface area contributed by atoms with Gasteiger partial charge >= 0.3 is 0 Å². The second kappa shape index (κ2) is 5.93. The van der Waals surface area contributed by atoms with Gasteiger partial charge in [0, 0.05) is 12.6 Å². The van der Waals surface area contributed by atoms with Crippen molar-refractivity contribution in [2.75, 3.05) is 11.9 Å². The first kappa shape index (κ1) is 14.2. The first-order chi connectivity index (χ1) is 10.6. The third kappa shape index (κ3) is 2.95. The summed E-state index contributed by atoms with van der Waals surface area (Å²) in [5.74, 6) is 0.610. The number of anilines is 1. The summed E-state index contributed by atoms with van der Waals surface area (Å²) in [4.78, 5) is 6.40. The van der Waals surface area contributed by atoms with Crippen LogP contribution in [0.25, 0.3) is 11.3 Å². The fourth-order valence-electron chi connectivity index (χ4n) is 2.13. The molecule has 0 unspecified atom stereocenters. The van der Waals surface area contributed by atoms with Crippen molar-refractivity contribution in [2.24, 2.45) is 0 Å². The lowest BCUT2D eigenvalue weighted by Crippen LogP contribution is -2.20. The zero-order chi connectivity index (χ0) is 15.5. The number of nitrogens with one attached hydrogen (secondary N) is 1. The summed E-state index contributed by atoms with van der Waals surface area (Å²) >= 11 is 0. The van der Waals surface area contributed by atoms with E-state index in [1.165, 1.54) is 0 Å². The van der Waals surface area contributed by atoms with Gasteiger partial charge in [-0.2, -0.15) is 10.2 Å². The van der Waals surface area contributed by atoms with Crippen molar-refractivity contribution < 1.29 is 0 Å². The fraction of sp³-hybridized carbons (Fsp3) is 0.250. The Hall–Kier alpha value is -2.76. The van der Waals surface area contributed by atoms with E-state index in [-0.39, 0.29) is 0 Å². The molecule has 2 aromatic heterocycles. The average molecular weight is 294 g/mol. The lowest BCUT2D eigenvalue weighted by molar-refractivity contribution is 0.788. The Balaban J connectivity index is 1.76. The largest absolute Gasteiger partial charge is 0.337 e. The average Bonchev–Trinajstić information content (AvgIpc) is 2.99. The minimum absolute atomic E-state index is 0.610. The molecule has 0 atom stereocenters. The topological polar surface area (TPSA) is 70.6 Å². The highest BCUT2D eigenvalue weighted by molar-refractivity contribution is 5.59. The Morgan fingerprint density at radius 1 is 1.05 bits per heavy atom. The van der Waals surface area contributed by atoms with Crippen LogP contribution in [0.3, 0.4) is 0 Å². The van der Waals surface area contributed by atoms with Gasteiger partial charge in [-0.15, -0.1) is 5.10 Å². The van der Waals surface area contributed by atoms with Crippen LogP contribution in [0.4, 0.5) is 5.95 Å². The maximum atomic E-state index is 4.45. The van der Waals surface area contributed by atoms with Crippen molar-refractivity contribution in [3.8, 4) is 11.3 Å². The molecule has 0 aliphatic heterocycles. The predicted molar refractivity (Wildman–Crippen MR) is 85.4 cm³/mol. The van der Waals surface area contributed by atoms with E-state index in [0.717, 1.165) is 28.3 Å². The van der Waals surface area contributed by atoms with Crippen LogP contribution in [-0.2, 0) is 6.54 Å². The van der Waals surface area contributed by atoms with Gasteiger partial charge in [0.2, 0.25) is 5.95 Å². The predicted octanol–water partition coefficient (Wildman–Crippen LogP) is 2.51. The molecule has 0 spiro atoms. The highest BCUT2D eigenvalue weighted by Crippen LogP contribution is 2.18. The number of aromatic amines is 1. The minimum Gasteiger partial charge on any atom is -0.337 e. The molecule has 0 fully saturated rings. The molecule has 0 amide bonds. The molecule has 22 heavy (non-hydrogen) atoms. The fourth-order valence-corrected chi connectivity index (χ4v) is 2.13. The molecule has 3 rings (SSSR count). The van der Waals surface area contributed by atoms with E-state index in [0.29, 0.717) is 12.5 Å². The maximum Gasteiger partial charge on any atom is 0.245 e. The Bertz CT molecular complexity index is 765. The van der Waals surface area contributed by atoms with Crippen LogP contribution >= 0.6 is 0 Å². The van der Waals surface area contributed by atoms with Crippen molar-refractivity contribution in [1.82, 2.24) is 25.4 Å². The molecule has 6 nitrogen and oxygen atoms in total. The first-order valence-electron chi connectivity index (χ1n) is 7.12. The molecule has 6 heteroatoms. The molecule has 112 valence electrons. The number of hydrogen-bond acceptors (Lipinski definition) is 5. The number of aromatic nitrogens is 5. The van der Waals surface area contributed by atoms with Crippen LogP contribution in [0.2, 0.25) is 0 Å². The van der Waals surface area contributed by atoms with Gasteiger partial charge in [0.1, 0.15) is 0 Å². The Morgan fingerprint density at radius 2 is 1.82 bits per heavy atom. The SMILES string of the molecule is Cc1nnc(N(C)Cc2cc(-c3ccccc3)n[nH]2)nc1C. The molecule has 0 saturated carbocycles. The molecule has 1 N–H and O–H groups in total. The lowest BCUT2D eigenvalue weighted by atomic mass is 10.1. The molecular weight excluding hydrogens is 276 g/mol. The zero-order valence-electron chi connectivity index (χ0n) is 12.9. The monoisotopic (exact) mass is 294 g/mol. The highest BCUT2D eigenvalue weighted by atomic mass is 15.3. The van der Waals surface area contributed by atoms with Crippen LogP contribution in [0.5, 0.6) is 0 Å². The van der Waals surface area contributed by atoms with Crippen LogP contribution in [-0.4, -0.2) is 32.4 Å². The van der Waals surface area contributed by atoms with Crippen LogP contribution in [0.1, 0.15) is 17.1 Å². The molecule has 0 bridgehead atoms. The van der Waals surface area contributed by atoms with Crippen LogP contribution in [0, 0.1) is 13.8 Å². The van der Waals surface area contributed by atoms with E-state index in [4.69, 9.17) is 0 Å². The van der Waals surface area contributed by atoms with E-state index in [2.05, 4.69) is 25.4 Å². The molecule has 0 radical (unpaired) electrons. The summed E-state index contributed by atoms with van der Waals surface area (Å²) in [6, 6.07) is 12.1. The number of H-pyrrole nitrogens is 1. The number of hydrogen-bond donors (Lipinski definition) is 1. The van der Waals surface area contributed by atoms with Crippen molar-refractivity contribution in [3.63, 3.8) is 0 Å². The van der Waals surface area contributed by atoms with E-state index in [9.17, 15) is 0 Å². The molecule has 2 heterocycles. The van der Waals surface area contributed by atoms with Gasteiger partial charge in [-0.25, -0.2) is 4.98 Å². The zero-order valence-corrected chi connectivity index (χ0v) is 12.9. The number of benzene rings is 1. The summed E-state index contributed by atoms with van der Waals surface area (Å²) < 4.78 is 0. The highest BCUT2D eigenvalue weighted by Gasteiger charge is 2.10.